The van der Waals surface area contributed by atoms with Crippen LogP contribution in [-0.2, 0) is 14.3 Å². The molecule has 3 N–H and O–H groups in total. The number of aliphatic hydroxyl groups excluding tert-OH is 2. The van der Waals surface area contributed by atoms with Gasteiger partial charge in [-0.2, -0.15) is 0 Å². The van der Waals surface area contributed by atoms with Crippen LogP contribution in [0.1, 0.15) is 271 Å². The average molecular weight is 896 g/mol. The molecule has 0 spiro atoms. The first-order valence-corrected chi connectivity index (χ1v) is 27.5. The predicted molar refractivity (Wildman–Crippen MR) is 278 cm³/mol. The topological polar surface area (TPSA) is 95.9 Å². The Labute approximate surface area is 397 Å². The number of hydrogen-bond donors (Lipinski definition) is 3. The first kappa shape index (κ1) is 61.6. The Balaban J connectivity index is 4.62. The largest absolute Gasteiger partial charge is 0.462 e. The fourth-order valence-electron chi connectivity index (χ4n) is 8.21. The highest BCUT2D eigenvalue weighted by Crippen LogP contribution is 2.17. The van der Waals surface area contributed by atoms with Gasteiger partial charge in [-0.3, -0.25) is 9.59 Å². The Morgan fingerprint density at radius 3 is 1.41 bits per heavy atom. The zero-order valence-corrected chi connectivity index (χ0v) is 42.4. The number of aliphatic hydroxyl groups is 2. The maximum Gasteiger partial charge on any atom is 0.306 e. The van der Waals surface area contributed by atoms with Crippen LogP contribution in [0.3, 0.4) is 0 Å². The van der Waals surface area contributed by atoms with Crippen LogP contribution in [-0.4, -0.2) is 46.9 Å². The van der Waals surface area contributed by atoms with Crippen molar-refractivity contribution >= 4 is 11.9 Å². The van der Waals surface area contributed by atoms with Gasteiger partial charge in [0.1, 0.15) is 6.10 Å². The molecule has 0 aromatic rings. The monoisotopic (exact) mass is 896 g/mol. The van der Waals surface area contributed by atoms with E-state index in [9.17, 15) is 19.8 Å². The molecule has 0 rings (SSSR count). The van der Waals surface area contributed by atoms with Crippen molar-refractivity contribution in [1.29, 1.82) is 0 Å². The maximum absolute atomic E-state index is 13.2. The number of carbonyl (C=O) groups is 2. The molecule has 0 aliphatic carbocycles. The molecule has 3 atom stereocenters. The summed E-state index contributed by atoms with van der Waals surface area (Å²) in [7, 11) is 0. The molecule has 0 heterocycles. The Morgan fingerprint density at radius 2 is 0.906 bits per heavy atom. The molecular formula is C58H105NO5. The van der Waals surface area contributed by atoms with E-state index < -0.39 is 18.2 Å². The van der Waals surface area contributed by atoms with E-state index in [-0.39, 0.29) is 24.9 Å². The number of carbonyl (C=O) groups excluding carboxylic acids is 2. The van der Waals surface area contributed by atoms with E-state index in [1.54, 1.807) is 0 Å². The third-order valence-electron chi connectivity index (χ3n) is 12.4. The van der Waals surface area contributed by atoms with Gasteiger partial charge in [0.25, 0.3) is 0 Å². The quantitative estimate of drug-likeness (QED) is 0.0245. The standard InChI is InChI=1S/C58H105NO5/c1-4-7-10-13-16-19-22-25-28-30-33-36-39-42-45-48-51-58(63)64-54(49-46-43-40-37-34-31-27-24-21-18-15-12-9-6-3)52-57(62)59-55(53-60)56(61)50-47-44-41-38-35-32-29-26-23-20-17-14-11-8-5-2/h7,10,16,19,25,28,31,34,37,40,54-56,60-61H,4-6,8-9,11-15,17-18,20-24,26-27,29-30,32-33,35-36,38-39,41-53H2,1-3H3,(H,59,62)/b10-7+,19-16+,28-25+,34-31+,40-37+. The molecule has 6 nitrogen and oxygen atoms in total. The highest BCUT2D eigenvalue weighted by Gasteiger charge is 2.24. The molecule has 1 amide bonds. The van der Waals surface area contributed by atoms with E-state index >= 15 is 0 Å². The Hall–Kier alpha value is -2.44. The molecule has 3 unspecified atom stereocenters. The highest BCUT2D eigenvalue weighted by atomic mass is 16.5. The first-order valence-electron chi connectivity index (χ1n) is 27.5. The van der Waals surface area contributed by atoms with Crippen LogP contribution in [0.5, 0.6) is 0 Å². The van der Waals surface area contributed by atoms with Crippen LogP contribution in [0, 0.1) is 0 Å². The van der Waals surface area contributed by atoms with E-state index in [1.165, 1.54) is 141 Å². The molecule has 372 valence electrons. The van der Waals surface area contributed by atoms with Gasteiger partial charge < -0.3 is 20.3 Å². The number of esters is 1. The minimum Gasteiger partial charge on any atom is -0.462 e. The van der Waals surface area contributed by atoms with Crippen LogP contribution in [0.25, 0.3) is 0 Å². The number of hydrogen-bond acceptors (Lipinski definition) is 5. The molecule has 64 heavy (non-hydrogen) atoms. The van der Waals surface area contributed by atoms with E-state index in [2.05, 4.69) is 86.8 Å². The van der Waals surface area contributed by atoms with Crippen molar-refractivity contribution in [3.05, 3.63) is 60.8 Å². The van der Waals surface area contributed by atoms with Crippen LogP contribution >= 0.6 is 0 Å². The predicted octanol–water partition coefficient (Wildman–Crippen LogP) is 16.8. The summed E-state index contributed by atoms with van der Waals surface area (Å²) in [6, 6.07) is -0.720. The van der Waals surface area contributed by atoms with E-state index in [0.29, 0.717) is 19.3 Å². The molecule has 0 fully saturated rings. The van der Waals surface area contributed by atoms with Crippen LogP contribution < -0.4 is 5.32 Å². The summed E-state index contributed by atoms with van der Waals surface area (Å²) in [6.07, 6.45) is 64.3. The van der Waals surface area contributed by atoms with Crippen molar-refractivity contribution in [1.82, 2.24) is 5.32 Å². The lowest BCUT2D eigenvalue weighted by Gasteiger charge is -2.24. The van der Waals surface area contributed by atoms with Crippen molar-refractivity contribution in [3.63, 3.8) is 0 Å². The fraction of sp³-hybridized carbons (Fsp3) is 0.793. The number of nitrogens with one attached hydrogen (secondary N) is 1. The number of rotatable bonds is 49. The van der Waals surface area contributed by atoms with Gasteiger partial charge in [-0.15, -0.1) is 0 Å². The van der Waals surface area contributed by atoms with Gasteiger partial charge in [-0.1, -0.05) is 242 Å². The van der Waals surface area contributed by atoms with Gasteiger partial charge in [-0.05, 0) is 77.0 Å². The lowest BCUT2D eigenvalue weighted by Crippen LogP contribution is -2.46. The SMILES string of the molecule is CC/C=C/C/C=C/C/C=C/CCCCCCCCC(=O)OC(CCC/C=C/C=C/CCCCCCCCC)CC(=O)NC(CO)C(O)CCCCCCCCCCCCCCCCC. The van der Waals surface area contributed by atoms with Gasteiger partial charge in [0.15, 0.2) is 0 Å². The van der Waals surface area contributed by atoms with Gasteiger partial charge in [0, 0.05) is 6.42 Å². The summed E-state index contributed by atoms with van der Waals surface area (Å²) in [5.74, 6) is -0.531. The lowest BCUT2D eigenvalue weighted by atomic mass is 10.0. The number of allylic oxidation sites excluding steroid dienone is 10. The van der Waals surface area contributed by atoms with Gasteiger partial charge in [-0.25, -0.2) is 0 Å². The fourth-order valence-corrected chi connectivity index (χ4v) is 8.21. The third-order valence-corrected chi connectivity index (χ3v) is 12.4. The normalized spacial score (nSPS) is 13.6. The van der Waals surface area contributed by atoms with Crippen molar-refractivity contribution in [2.75, 3.05) is 6.61 Å². The molecule has 0 saturated heterocycles. The summed E-state index contributed by atoms with van der Waals surface area (Å²) in [6.45, 7) is 6.37. The second kappa shape index (κ2) is 51.5. The molecule has 0 aromatic heterocycles. The molecule has 0 aliphatic rings. The van der Waals surface area contributed by atoms with Crippen molar-refractivity contribution in [2.24, 2.45) is 0 Å². The minimum absolute atomic E-state index is 0.0387. The van der Waals surface area contributed by atoms with E-state index in [4.69, 9.17) is 4.74 Å². The molecule has 0 aliphatic heterocycles. The third kappa shape index (κ3) is 46.1. The molecule has 6 heteroatoms. The second-order valence-corrected chi connectivity index (χ2v) is 18.6. The Bertz CT molecular complexity index is 1140. The zero-order chi connectivity index (χ0) is 46.7. The Morgan fingerprint density at radius 1 is 0.484 bits per heavy atom. The van der Waals surface area contributed by atoms with Crippen molar-refractivity contribution in [3.8, 4) is 0 Å². The smallest absolute Gasteiger partial charge is 0.306 e. The second-order valence-electron chi connectivity index (χ2n) is 18.6. The summed E-state index contributed by atoms with van der Waals surface area (Å²) in [4.78, 5) is 26.2. The molecule has 0 saturated carbocycles. The van der Waals surface area contributed by atoms with Crippen LogP contribution in [0.2, 0.25) is 0 Å². The number of ether oxygens (including phenoxy) is 1. The maximum atomic E-state index is 13.2. The summed E-state index contributed by atoms with van der Waals surface area (Å²) < 4.78 is 5.92. The van der Waals surface area contributed by atoms with Gasteiger partial charge in [0.2, 0.25) is 5.91 Å². The highest BCUT2D eigenvalue weighted by molar-refractivity contribution is 5.77. The minimum atomic E-state index is -0.803. The average Bonchev–Trinajstić information content (AvgIpc) is 3.29. The molecule has 0 bridgehead atoms. The van der Waals surface area contributed by atoms with Gasteiger partial charge >= 0.3 is 5.97 Å². The van der Waals surface area contributed by atoms with Crippen LogP contribution in [0.4, 0.5) is 0 Å². The van der Waals surface area contributed by atoms with E-state index in [1.807, 2.05) is 0 Å². The molecule has 0 radical (unpaired) electrons. The number of amides is 1. The summed E-state index contributed by atoms with van der Waals surface area (Å²) >= 11 is 0. The molecular weight excluding hydrogens is 791 g/mol. The summed E-state index contributed by atoms with van der Waals surface area (Å²) in [5, 5.41) is 23.8. The Kier molecular flexibility index (Phi) is 49.6. The summed E-state index contributed by atoms with van der Waals surface area (Å²) in [5.41, 5.74) is 0. The number of unbranched alkanes of at least 4 members (excludes halogenated alkanes) is 28. The lowest BCUT2D eigenvalue weighted by molar-refractivity contribution is -0.151. The first-order chi connectivity index (χ1) is 31.5. The van der Waals surface area contributed by atoms with E-state index in [0.717, 1.165) is 83.5 Å². The van der Waals surface area contributed by atoms with Crippen molar-refractivity contribution < 1.29 is 24.5 Å². The molecule has 0 aromatic carbocycles. The van der Waals surface area contributed by atoms with Crippen molar-refractivity contribution in [2.45, 2.75) is 289 Å². The van der Waals surface area contributed by atoms with Crippen LogP contribution in [0.15, 0.2) is 60.8 Å². The zero-order valence-electron chi connectivity index (χ0n) is 42.4. The van der Waals surface area contributed by atoms with Gasteiger partial charge in [0.05, 0.1) is 25.2 Å².